The number of halogens is 4. The number of aryl methyl sites for hydroxylation is 1. The van der Waals surface area contributed by atoms with Crippen LogP contribution >= 0.6 is 0 Å². The van der Waals surface area contributed by atoms with Crippen molar-refractivity contribution in [3.05, 3.63) is 53.3 Å². The number of phenolic OH excluding ortho intramolecular Hbond substituents is 1. The lowest BCUT2D eigenvalue weighted by molar-refractivity contribution is -0.137. The SMILES string of the molecule is Cc1cc(-c2cc(O)cc(C(F)(F)F)c2)ccc1F. The zero-order valence-corrected chi connectivity index (χ0v) is 9.92. The van der Waals surface area contributed by atoms with Crippen molar-refractivity contribution in [3.8, 4) is 16.9 Å². The maximum Gasteiger partial charge on any atom is 0.416 e. The summed E-state index contributed by atoms with van der Waals surface area (Å²) in [5.74, 6) is -0.910. The molecule has 0 atom stereocenters. The van der Waals surface area contributed by atoms with Gasteiger partial charge in [-0.15, -0.1) is 0 Å². The van der Waals surface area contributed by atoms with E-state index < -0.39 is 23.3 Å². The minimum atomic E-state index is -4.54. The van der Waals surface area contributed by atoms with E-state index in [2.05, 4.69) is 0 Å². The summed E-state index contributed by atoms with van der Waals surface area (Å²) in [6, 6.07) is 6.78. The first kappa shape index (κ1) is 13.4. The Morgan fingerprint density at radius 2 is 1.63 bits per heavy atom. The molecule has 0 amide bonds. The molecule has 2 rings (SSSR count). The number of hydrogen-bond donors (Lipinski definition) is 1. The molecule has 0 saturated heterocycles. The average Bonchev–Trinajstić information content (AvgIpc) is 2.31. The van der Waals surface area contributed by atoms with Crippen molar-refractivity contribution in [2.75, 3.05) is 0 Å². The Hall–Kier alpha value is -2.04. The van der Waals surface area contributed by atoms with Crippen LogP contribution in [-0.4, -0.2) is 5.11 Å². The van der Waals surface area contributed by atoms with Crippen LogP contribution in [0.1, 0.15) is 11.1 Å². The van der Waals surface area contributed by atoms with Gasteiger partial charge in [-0.1, -0.05) is 6.07 Å². The largest absolute Gasteiger partial charge is 0.508 e. The summed E-state index contributed by atoms with van der Waals surface area (Å²) in [4.78, 5) is 0. The molecule has 0 fully saturated rings. The van der Waals surface area contributed by atoms with E-state index in [-0.39, 0.29) is 5.56 Å². The summed E-state index contributed by atoms with van der Waals surface area (Å²) >= 11 is 0. The zero-order valence-electron chi connectivity index (χ0n) is 9.92. The molecular weight excluding hydrogens is 260 g/mol. The van der Waals surface area contributed by atoms with Gasteiger partial charge in [-0.05, 0) is 53.9 Å². The number of hydrogen-bond acceptors (Lipinski definition) is 1. The van der Waals surface area contributed by atoms with Crippen LogP contribution in [0, 0.1) is 12.7 Å². The van der Waals surface area contributed by atoms with Gasteiger partial charge in [-0.3, -0.25) is 0 Å². The van der Waals surface area contributed by atoms with Gasteiger partial charge in [-0.2, -0.15) is 13.2 Å². The minimum absolute atomic E-state index is 0.190. The minimum Gasteiger partial charge on any atom is -0.508 e. The molecule has 0 radical (unpaired) electrons. The Labute approximate surface area is 107 Å². The molecule has 0 aliphatic rings. The van der Waals surface area contributed by atoms with Gasteiger partial charge in [0.05, 0.1) is 5.56 Å². The van der Waals surface area contributed by atoms with E-state index in [4.69, 9.17) is 0 Å². The van der Waals surface area contributed by atoms with Crippen molar-refractivity contribution in [1.29, 1.82) is 0 Å². The molecule has 2 aromatic carbocycles. The summed E-state index contributed by atoms with van der Waals surface area (Å²) in [5.41, 5.74) is -0.00500. The normalized spacial score (nSPS) is 11.6. The molecule has 0 aliphatic heterocycles. The van der Waals surface area contributed by atoms with E-state index in [1.807, 2.05) is 0 Å². The fourth-order valence-corrected chi connectivity index (χ4v) is 1.77. The maximum absolute atomic E-state index is 13.1. The number of phenols is 1. The first-order chi connectivity index (χ1) is 8.77. The predicted molar refractivity (Wildman–Crippen MR) is 63.2 cm³/mol. The van der Waals surface area contributed by atoms with Gasteiger partial charge in [0.1, 0.15) is 11.6 Å². The van der Waals surface area contributed by atoms with Gasteiger partial charge in [0.15, 0.2) is 0 Å². The lowest BCUT2D eigenvalue weighted by Crippen LogP contribution is -2.04. The highest BCUT2D eigenvalue weighted by Gasteiger charge is 2.31. The van der Waals surface area contributed by atoms with E-state index in [9.17, 15) is 22.7 Å². The van der Waals surface area contributed by atoms with Crippen LogP contribution in [0.25, 0.3) is 11.1 Å². The standard InChI is InChI=1S/C14H10F4O/c1-8-4-9(2-3-13(8)15)10-5-11(14(16,17)18)7-12(19)6-10/h2-7,19H,1H3. The van der Waals surface area contributed by atoms with Crippen LogP contribution in [-0.2, 0) is 6.18 Å². The molecular formula is C14H10F4O. The van der Waals surface area contributed by atoms with Gasteiger partial charge in [0.25, 0.3) is 0 Å². The fourth-order valence-electron chi connectivity index (χ4n) is 1.77. The Kier molecular flexibility index (Phi) is 3.22. The Morgan fingerprint density at radius 1 is 0.947 bits per heavy atom. The zero-order chi connectivity index (χ0) is 14.2. The van der Waals surface area contributed by atoms with Crippen molar-refractivity contribution >= 4 is 0 Å². The summed E-state index contributed by atoms with van der Waals surface area (Å²) < 4.78 is 51.0. The molecule has 0 heterocycles. The third kappa shape index (κ3) is 2.86. The number of rotatable bonds is 1. The summed E-state index contributed by atoms with van der Waals surface area (Å²) in [5, 5.41) is 9.37. The van der Waals surface area contributed by atoms with Crippen LogP contribution in [0.2, 0.25) is 0 Å². The molecule has 2 aromatic rings. The quantitative estimate of drug-likeness (QED) is 0.755. The molecule has 0 bridgehead atoms. The predicted octanol–water partition coefficient (Wildman–Crippen LogP) is 4.53. The second-order valence-electron chi connectivity index (χ2n) is 4.23. The number of alkyl halides is 3. The second-order valence-corrected chi connectivity index (χ2v) is 4.23. The van der Waals surface area contributed by atoms with Gasteiger partial charge in [-0.25, -0.2) is 4.39 Å². The van der Waals surface area contributed by atoms with Crippen LogP contribution < -0.4 is 0 Å². The van der Waals surface area contributed by atoms with Gasteiger partial charge in [0, 0.05) is 0 Å². The average molecular weight is 270 g/mol. The molecule has 19 heavy (non-hydrogen) atoms. The highest BCUT2D eigenvalue weighted by atomic mass is 19.4. The van der Waals surface area contributed by atoms with E-state index in [0.717, 1.165) is 6.07 Å². The third-order valence-corrected chi connectivity index (χ3v) is 2.74. The van der Waals surface area contributed by atoms with Crippen LogP contribution in [0.4, 0.5) is 17.6 Å². The number of aromatic hydroxyl groups is 1. The van der Waals surface area contributed by atoms with Crippen LogP contribution in [0.3, 0.4) is 0 Å². The van der Waals surface area contributed by atoms with Gasteiger partial charge in [0.2, 0.25) is 0 Å². The summed E-state index contributed by atoms with van der Waals surface area (Å²) in [6.45, 7) is 1.52. The van der Waals surface area contributed by atoms with E-state index >= 15 is 0 Å². The summed E-state index contributed by atoms with van der Waals surface area (Å²) in [6.07, 6.45) is -4.54. The molecule has 0 aliphatic carbocycles. The van der Waals surface area contributed by atoms with Gasteiger partial charge >= 0.3 is 6.18 Å². The first-order valence-electron chi connectivity index (χ1n) is 5.45. The van der Waals surface area contributed by atoms with Crippen molar-refractivity contribution < 1.29 is 22.7 Å². The Balaban J connectivity index is 2.56. The lowest BCUT2D eigenvalue weighted by atomic mass is 10.0. The van der Waals surface area contributed by atoms with Crippen LogP contribution in [0.15, 0.2) is 36.4 Å². The molecule has 5 heteroatoms. The van der Waals surface area contributed by atoms with E-state index in [1.165, 1.54) is 31.2 Å². The topological polar surface area (TPSA) is 20.2 Å². The maximum atomic E-state index is 13.1. The second kappa shape index (κ2) is 4.57. The van der Waals surface area contributed by atoms with Crippen molar-refractivity contribution in [3.63, 3.8) is 0 Å². The highest BCUT2D eigenvalue weighted by molar-refractivity contribution is 5.67. The number of benzene rings is 2. The Morgan fingerprint density at radius 3 is 2.21 bits per heavy atom. The molecule has 1 nitrogen and oxygen atoms in total. The molecule has 0 spiro atoms. The smallest absolute Gasteiger partial charge is 0.416 e. The molecule has 0 unspecified atom stereocenters. The first-order valence-corrected chi connectivity index (χ1v) is 5.45. The lowest BCUT2D eigenvalue weighted by Gasteiger charge is -2.10. The molecule has 100 valence electrons. The monoisotopic (exact) mass is 270 g/mol. The molecule has 0 saturated carbocycles. The van der Waals surface area contributed by atoms with Crippen molar-refractivity contribution in [2.24, 2.45) is 0 Å². The van der Waals surface area contributed by atoms with Crippen LogP contribution in [0.5, 0.6) is 5.75 Å². The van der Waals surface area contributed by atoms with Gasteiger partial charge < -0.3 is 5.11 Å². The highest BCUT2D eigenvalue weighted by Crippen LogP contribution is 2.35. The molecule has 1 N–H and O–H groups in total. The third-order valence-electron chi connectivity index (χ3n) is 2.74. The summed E-state index contributed by atoms with van der Waals surface area (Å²) in [7, 11) is 0. The molecule has 0 aromatic heterocycles. The Bertz CT molecular complexity index is 617. The van der Waals surface area contributed by atoms with Crippen molar-refractivity contribution in [1.82, 2.24) is 0 Å². The fraction of sp³-hybridized carbons (Fsp3) is 0.143. The van der Waals surface area contributed by atoms with E-state index in [1.54, 1.807) is 0 Å². The van der Waals surface area contributed by atoms with E-state index in [0.29, 0.717) is 17.2 Å². The van der Waals surface area contributed by atoms with Crippen molar-refractivity contribution in [2.45, 2.75) is 13.1 Å².